The van der Waals surface area contributed by atoms with Gasteiger partial charge in [0.15, 0.2) is 11.6 Å². The number of halogens is 2. The van der Waals surface area contributed by atoms with Gasteiger partial charge in [-0.2, -0.15) is 0 Å². The lowest BCUT2D eigenvalue weighted by Gasteiger charge is -2.37. The number of carbonyl (C=O) groups is 1. The Morgan fingerprint density at radius 1 is 1.27 bits per heavy atom. The summed E-state index contributed by atoms with van der Waals surface area (Å²) >= 11 is 0. The lowest BCUT2D eigenvalue weighted by molar-refractivity contribution is -0.158. The normalized spacial score (nSPS) is 24.5. The number of hydrogen-bond acceptors (Lipinski definition) is 3. The number of nitrogens with zero attached hydrogens (tertiary/aromatic N) is 1. The Balaban J connectivity index is 1.73. The maximum atomic E-state index is 13.3. The van der Waals surface area contributed by atoms with Crippen LogP contribution in [0.15, 0.2) is 18.2 Å². The van der Waals surface area contributed by atoms with E-state index in [1.807, 2.05) is 0 Å². The van der Waals surface area contributed by atoms with E-state index in [1.165, 1.54) is 6.07 Å². The fraction of sp³-hybridized carbons (Fsp3) is 0.562. The van der Waals surface area contributed by atoms with Crippen molar-refractivity contribution in [1.82, 2.24) is 4.90 Å². The van der Waals surface area contributed by atoms with Crippen molar-refractivity contribution < 1.29 is 23.4 Å². The van der Waals surface area contributed by atoms with Crippen LogP contribution in [0.5, 0.6) is 0 Å². The van der Waals surface area contributed by atoms with Gasteiger partial charge in [-0.25, -0.2) is 8.78 Å². The Bertz CT molecular complexity index is 573. The summed E-state index contributed by atoms with van der Waals surface area (Å²) in [6.07, 6.45) is 2.16. The molecule has 1 saturated heterocycles. The van der Waals surface area contributed by atoms with E-state index in [9.17, 15) is 18.7 Å². The Hall–Kier alpha value is -1.53. The van der Waals surface area contributed by atoms with E-state index >= 15 is 0 Å². The molecule has 120 valence electrons. The summed E-state index contributed by atoms with van der Waals surface area (Å²) < 4.78 is 31.9. The van der Waals surface area contributed by atoms with Crippen molar-refractivity contribution >= 4 is 5.91 Å². The summed E-state index contributed by atoms with van der Waals surface area (Å²) in [6.45, 7) is 0.957. The van der Waals surface area contributed by atoms with Crippen LogP contribution in [0.1, 0.15) is 37.4 Å². The predicted octanol–water partition coefficient (Wildman–Crippen LogP) is 2.17. The van der Waals surface area contributed by atoms with Gasteiger partial charge in [0.1, 0.15) is 11.7 Å². The highest BCUT2D eigenvalue weighted by Crippen LogP contribution is 2.33. The largest absolute Gasteiger partial charge is 0.380 e. The second-order valence-corrected chi connectivity index (χ2v) is 6.02. The van der Waals surface area contributed by atoms with E-state index in [1.54, 1.807) is 4.90 Å². The molecule has 1 aliphatic heterocycles. The number of rotatable bonds is 2. The van der Waals surface area contributed by atoms with Crippen molar-refractivity contribution in [3.63, 3.8) is 0 Å². The Morgan fingerprint density at radius 2 is 2.00 bits per heavy atom. The summed E-state index contributed by atoms with van der Waals surface area (Å²) in [4.78, 5) is 14.1. The summed E-state index contributed by atoms with van der Waals surface area (Å²) in [5.74, 6) is -2.12. The summed E-state index contributed by atoms with van der Waals surface area (Å²) in [6, 6.07) is 3.61. The predicted molar refractivity (Wildman–Crippen MR) is 75.0 cm³/mol. The minimum absolute atomic E-state index is 0.242. The van der Waals surface area contributed by atoms with Crippen LogP contribution in [0.3, 0.4) is 0 Å². The van der Waals surface area contributed by atoms with E-state index in [2.05, 4.69) is 0 Å². The fourth-order valence-corrected chi connectivity index (χ4v) is 3.22. The molecule has 6 heteroatoms. The summed E-state index contributed by atoms with van der Waals surface area (Å²) in [5.41, 5.74) is -0.773. The number of amides is 1. The minimum Gasteiger partial charge on any atom is -0.380 e. The highest BCUT2D eigenvalue weighted by molar-refractivity contribution is 5.85. The van der Waals surface area contributed by atoms with Crippen molar-refractivity contribution in [1.29, 1.82) is 0 Å². The van der Waals surface area contributed by atoms with Gasteiger partial charge in [0.05, 0.1) is 13.2 Å². The molecule has 1 amide bonds. The highest BCUT2D eigenvalue weighted by atomic mass is 19.2. The average molecular weight is 311 g/mol. The second kappa shape index (κ2) is 5.93. The molecule has 3 rings (SSSR count). The summed E-state index contributed by atoms with van der Waals surface area (Å²) in [7, 11) is 0. The van der Waals surface area contributed by atoms with Crippen molar-refractivity contribution in [2.24, 2.45) is 0 Å². The van der Waals surface area contributed by atoms with Gasteiger partial charge in [-0.15, -0.1) is 0 Å². The molecule has 4 nitrogen and oxygen atoms in total. The van der Waals surface area contributed by atoms with Gasteiger partial charge in [0, 0.05) is 6.54 Å². The van der Waals surface area contributed by atoms with E-state index < -0.39 is 23.3 Å². The Labute approximate surface area is 127 Å². The van der Waals surface area contributed by atoms with Gasteiger partial charge in [-0.1, -0.05) is 6.07 Å². The number of carbonyl (C=O) groups excluding carboxylic acids is 1. The minimum atomic E-state index is -1.27. The number of benzene rings is 1. The zero-order chi connectivity index (χ0) is 15.7. The van der Waals surface area contributed by atoms with Gasteiger partial charge in [-0.3, -0.25) is 4.79 Å². The van der Waals surface area contributed by atoms with Gasteiger partial charge in [0.2, 0.25) is 0 Å². The quantitative estimate of drug-likeness (QED) is 0.911. The molecule has 2 aliphatic rings. The van der Waals surface area contributed by atoms with Crippen LogP contribution in [0.4, 0.5) is 8.78 Å². The molecule has 22 heavy (non-hydrogen) atoms. The van der Waals surface area contributed by atoms with Crippen LogP contribution >= 0.6 is 0 Å². The van der Waals surface area contributed by atoms with Crippen LogP contribution in [-0.4, -0.2) is 41.2 Å². The van der Waals surface area contributed by atoms with Crippen LogP contribution < -0.4 is 0 Å². The highest BCUT2D eigenvalue weighted by Gasteiger charge is 2.42. The topological polar surface area (TPSA) is 49.8 Å². The van der Waals surface area contributed by atoms with Crippen LogP contribution in [0.25, 0.3) is 0 Å². The zero-order valence-electron chi connectivity index (χ0n) is 12.2. The second-order valence-electron chi connectivity index (χ2n) is 6.02. The molecule has 0 radical (unpaired) electrons. The Morgan fingerprint density at radius 3 is 2.68 bits per heavy atom. The first-order chi connectivity index (χ1) is 10.5. The molecule has 1 aliphatic carbocycles. The molecule has 1 aromatic carbocycles. The smallest absolute Gasteiger partial charge is 0.254 e. The molecule has 1 saturated carbocycles. The number of morpholine rings is 1. The monoisotopic (exact) mass is 311 g/mol. The molecule has 1 N–H and O–H groups in total. The van der Waals surface area contributed by atoms with E-state index in [0.29, 0.717) is 31.6 Å². The molecule has 0 bridgehead atoms. The lowest BCUT2D eigenvalue weighted by Crippen LogP contribution is -2.52. The first kappa shape index (κ1) is 15.4. The SMILES string of the molecule is O=C(N1CCOC(c2ccc(F)c(F)c2)C1)C1(O)CCCC1. The molecular formula is C16H19F2NO3. The number of ether oxygens (including phenoxy) is 1. The van der Waals surface area contributed by atoms with Crippen molar-refractivity contribution in [2.45, 2.75) is 37.4 Å². The molecule has 1 aromatic rings. The Kier molecular flexibility index (Phi) is 4.14. The van der Waals surface area contributed by atoms with Gasteiger partial charge < -0.3 is 14.7 Å². The zero-order valence-corrected chi connectivity index (χ0v) is 12.2. The lowest BCUT2D eigenvalue weighted by atomic mass is 9.99. The van der Waals surface area contributed by atoms with Crippen molar-refractivity contribution in [2.75, 3.05) is 19.7 Å². The fourth-order valence-electron chi connectivity index (χ4n) is 3.22. The number of hydrogen-bond donors (Lipinski definition) is 1. The van der Waals surface area contributed by atoms with Crippen molar-refractivity contribution in [3.8, 4) is 0 Å². The van der Waals surface area contributed by atoms with Crippen LogP contribution in [0, 0.1) is 11.6 Å². The molecule has 0 aromatic heterocycles. The van der Waals surface area contributed by atoms with Crippen LogP contribution in [-0.2, 0) is 9.53 Å². The third kappa shape index (κ3) is 2.85. The van der Waals surface area contributed by atoms with Crippen molar-refractivity contribution in [3.05, 3.63) is 35.4 Å². The third-order valence-electron chi connectivity index (χ3n) is 4.50. The average Bonchev–Trinajstić information content (AvgIpc) is 2.97. The molecule has 2 fully saturated rings. The molecular weight excluding hydrogens is 292 g/mol. The maximum Gasteiger partial charge on any atom is 0.254 e. The third-order valence-corrected chi connectivity index (χ3v) is 4.50. The summed E-state index contributed by atoms with van der Waals surface area (Å²) in [5, 5.41) is 10.4. The van der Waals surface area contributed by atoms with Gasteiger partial charge in [0.25, 0.3) is 5.91 Å². The maximum absolute atomic E-state index is 13.3. The first-order valence-corrected chi connectivity index (χ1v) is 7.58. The molecule has 1 unspecified atom stereocenters. The van der Waals surface area contributed by atoms with E-state index in [0.717, 1.165) is 25.0 Å². The van der Waals surface area contributed by atoms with E-state index in [4.69, 9.17) is 4.74 Å². The molecule has 1 heterocycles. The number of aliphatic hydroxyl groups is 1. The molecule has 1 atom stereocenters. The van der Waals surface area contributed by atoms with Gasteiger partial charge in [-0.05, 0) is 43.4 Å². The van der Waals surface area contributed by atoms with E-state index in [-0.39, 0.29) is 12.5 Å². The standard InChI is InChI=1S/C16H19F2NO3/c17-12-4-3-11(9-13(12)18)14-10-19(7-8-22-14)15(20)16(21)5-1-2-6-16/h3-4,9,14,21H,1-2,5-8,10H2. The molecule has 0 spiro atoms. The van der Waals surface area contributed by atoms with Crippen LogP contribution in [0.2, 0.25) is 0 Å². The first-order valence-electron chi connectivity index (χ1n) is 7.58. The van der Waals surface area contributed by atoms with Gasteiger partial charge >= 0.3 is 0 Å².